The Balaban J connectivity index is 2.08. The molecule has 1 atom stereocenters. The van der Waals surface area contributed by atoms with Crippen molar-refractivity contribution in [3.63, 3.8) is 0 Å². The fourth-order valence-electron chi connectivity index (χ4n) is 3.13. The number of halogens is 1. The number of nitrogens with zero attached hydrogens (tertiary/aromatic N) is 2. The van der Waals surface area contributed by atoms with Crippen molar-refractivity contribution in [3.05, 3.63) is 75.6 Å². The van der Waals surface area contributed by atoms with E-state index in [-0.39, 0.29) is 35.6 Å². The zero-order valence-electron chi connectivity index (χ0n) is 18.3. The number of nitro groups is 1. The zero-order chi connectivity index (χ0) is 23.5. The SMILES string of the molecule is CCCNC(=O)C(CC)N(Cc1ccc(F)cc1)C(=O)CSCc1ccc([N+](=O)[O-])cc1. The van der Waals surface area contributed by atoms with Crippen molar-refractivity contribution in [1.82, 2.24) is 10.2 Å². The van der Waals surface area contributed by atoms with Crippen LogP contribution in [-0.2, 0) is 21.9 Å². The number of carbonyl (C=O) groups is 2. The first kappa shape index (κ1) is 25.3. The Labute approximate surface area is 191 Å². The second-order valence-corrected chi connectivity index (χ2v) is 8.27. The van der Waals surface area contributed by atoms with Crippen molar-refractivity contribution in [2.75, 3.05) is 12.3 Å². The molecule has 0 bridgehead atoms. The van der Waals surface area contributed by atoms with Gasteiger partial charge in [-0.25, -0.2) is 4.39 Å². The smallest absolute Gasteiger partial charge is 0.269 e. The molecule has 1 N–H and O–H groups in total. The summed E-state index contributed by atoms with van der Waals surface area (Å²) < 4.78 is 13.3. The molecule has 0 heterocycles. The average Bonchev–Trinajstić information content (AvgIpc) is 2.79. The lowest BCUT2D eigenvalue weighted by atomic mass is 10.1. The van der Waals surface area contributed by atoms with Crippen LogP contribution in [0.2, 0.25) is 0 Å². The molecule has 0 aliphatic rings. The largest absolute Gasteiger partial charge is 0.354 e. The molecule has 1 unspecified atom stereocenters. The fourth-order valence-corrected chi connectivity index (χ4v) is 4.00. The number of thioether (sulfide) groups is 1. The van der Waals surface area contributed by atoms with Gasteiger partial charge >= 0.3 is 0 Å². The minimum absolute atomic E-state index is 0.0178. The summed E-state index contributed by atoms with van der Waals surface area (Å²) in [4.78, 5) is 37.6. The number of nitro benzene ring substituents is 1. The van der Waals surface area contributed by atoms with Crippen LogP contribution >= 0.6 is 11.8 Å². The average molecular weight is 462 g/mol. The molecule has 2 amide bonds. The minimum atomic E-state index is -0.626. The summed E-state index contributed by atoms with van der Waals surface area (Å²) in [5.41, 5.74) is 1.62. The normalized spacial score (nSPS) is 11.6. The van der Waals surface area contributed by atoms with Crippen molar-refractivity contribution in [2.24, 2.45) is 0 Å². The summed E-state index contributed by atoms with van der Waals surface area (Å²) >= 11 is 1.37. The van der Waals surface area contributed by atoms with E-state index < -0.39 is 11.0 Å². The highest BCUT2D eigenvalue weighted by Crippen LogP contribution is 2.19. The standard InChI is InChI=1S/C23H28FN3O4S/c1-3-13-25-23(29)21(4-2)26(14-17-5-9-19(24)10-6-17)22(28)16-32-15-18-7-11-20(12-8-18)27(30)31/h5-12,21H,3-4,13-16H2,1-2H3,(H,25,29). The Kier molecular flexibility index (Phi) is 10.1. The Bertz CT molecular complexity index is 906. The van der Waals surface area contributed by atoms with Crippen molar-refractivity contribution in [2.45, 2.75) is 45.0 Å². The van der Waals surface area contributed by atoms with E-state index in [9.17, 15) is 24.1 Å². The number of hydrogen-bond donors (Lipinski definition) is 1. The molecule has 32 heavy (non-hydrogen) atoms. The molecule has 0 spiro atoms. The first-order valence-corrected chi connectivity index (χ1v) is 11.6. The van der Waals surface area contributed by atoms with Gasteiger partial charge < -0.3 is 10.2 Å². The number of non-ortho nitro benzene ring substituents is 1. The summed E-state index contributed by atoms with van der Waals surface area (Å²) in [6.07, 6.45) is 1.24. The molecule has 9 heteroatoms. The molecule has 0 fully saturated rings. The Morgan fingerprint density at radius 2 is 1.72 bits per heavy atom. The maximum Gasteiger partial charge on any atom is 0.269 e. The Morgan fingerprint density at radius 1 is 1.09 bits per heavy atom. The maximum atomic E-state index is 13.3. The second kappa shape index (κ2) is 12.8. The van der Waals surface area contributed by atoms with Crippen molar-refractivity contribution < 1.29 is 18.9 Å². The highest BCUT2D eigenvalue weighted by molar-refractivity contribution is 7.99. The van der Waals surface area contributed by atoms with E-state index in [1.807, 2.05) is 13.8 Å². The van der Waals surface area contributed by atoms with Crippen LogP contribution < -0.4 is 5.32 Å². The van der Waals surface area contributed by atoms with Gasteiger partial charge in [0, 0.05) is 31.0 Å². The summed E-state index contributed by atoms with van der Waals surface area (Å²) in [5.74, 6) is -0.106. The van der Waals surface area contributed by atoms with E-state index >= 15 is 0 Å². The minimum Gasteiger partial charge on any atom is -0.354 e. The van der Waals surface area contributed by atoms with E-state index in [2.05, 4.69) is 5.32 Å². The van der Waals surface area contributed by atoms with Gasteiger partial charge in [-0.2, -0.15) is 0 Å². The van der Waals surface area contributed by atoms with Crippen molar-refractivity contribution in [1.29, 1.82) is 0 Å². The predicted molar refractivity (Wildman–Crippen MR) is 124 cm³/mol. The van der Waals surface area contributed by atoms with Gasteiger partial charge in [-0.05, 0) is 36.1 Å². The zero-order valence-corrected chi connectivity index (χ0v) is 19.1. The van der Waals surface area contributed by atoms with Gasteiger partial charge in [0.25, 0.3) is 5.69 Å². The topological polar surface area (TPSA) is 92.6 Å². The van der Waals surface area contributed by atoms with Crippen LogP contribution in [0.25, 0.3) is 0 Å². The summed E-state index contributed by atoms with van der Waals surface area (Å²) in [6.45, 7) is 4.54. The number of carbonyl (C=O) groups excluding carboxylic acids is 2. The quantitative estimate of drug-likeness (QED) is 0.376. The van der Waals surface area contributed by atoms with E-state index in [1.165, 1.54) is 36.0 Å². The number of benzene rings is 2. The molecule has 0 aliphatic carbocycles. The summed E-state index contributed by atoms with van der Waals surface area (Å²) in [5, 5.41) is 13.6. The third-order valence-corrected chi connectivity index (χ3v) is 5.83. The molecule has 0 saturated carbocycles. The molecule has 2 rings (SSSR count). The van der Waals surface area contributed by atoms with Crippen molar-refractivity contribution in [3.8, 4) is 0 Å². The fraction of sp³-hybridized carbons (Fsp3) is 0.391. The first-order valence-electron chi connectivity index (χ1n) is 10.5. The van der Waals surface area contributed by atoms with E-state index in [0.717, 1.165) is 17.5 Å². The van der Waals surface area contributed by atoms with Crippen LogP contribution in [0.15, 0.2) is 48.5 Å². The van der Waals surface area contributed by atoms with Gasteiger partial charge in [-0.1, -0.05) is 38.1 Å². The van der Waals surface area contributed by atoms with Gasteiger partial charge in [-0.3, -0.25) is 19.7 Å². The van der Waals surface area contributed by atoms with Crippen LogP contribution in [0.3, 0.4) is 0 Å². The third kappa shape index (κ3) is 7.64. The van der Waals surface area contributed by atoms with Crippen LogP contribution in [0.5, 0.6) is 0 Å². The first-order chi connectivity index (χ1) is 15.3. The molecule has 2 aromatic rings. The monoisotopic (exact) mass is 461 g/mol. The van der Waals surface area contributed by atoms with E-state index in [1.54, 1.807) is 29.2 Å². The molecule has 0 aliphatic heterocycles. The number of nitrogens with one attached hydrogen (secondary N) is 1. The van der Waals surface area contributed by atoms with Crippen LogP contribution in [0, 0.1) is 15.9 Å². The molecular weight excluding hydrogens is 433 g/mol. The van der Waals surface area contributed by atoms with Crippen LogP contribution in [-0.4, -0.2) is 40.0 Å². The van der Waals surface area contributed by atoms with Crippen molar-refractivity contribution >= 4 is 29.3 Å². The van der Waals surface area contributed by atoms with Gasteiger partial charge in [0.2, 0.25) is 11.8 Å². The maximum absolute atomic E-state index is 13.3. The lowest BCUT2D eigenvalue weighted by Gasteiger charge is -2.30. The summed E-state index contributed by atoms with van der Waals surface area (Å²) in [6, 6.07) is 11.5. The van der Waals surface area contributed by atoms with Gasteiger partial charge in [0.15, 0.2) is 0 Å². The number of rotatable bonds is 12. The second-order valence-electron chi connectivity index (χ2n) is 7.28. The van der Waals surface area contributed by atoms with E-state index in [4.69, 9.17) is 0 Å². The Hall–Kier alpha value is -2.94. The molecule has 172 valence electrons. The lowest BCUT2D eigenvalue weighted by molar-refractivity contribution is -0.384. The van der Waals surface area contributed by atoms with Crippen LogP contribution in [0.1, 0.15) is 37.8 Å². The molecule has 2 aromatic carbocycles. The molecule has 0 aromatic heterocycles. The molecular formula is C23H28FN3O4S. The number of hydrogen-bond acceptors (Lipinski definition) is 5. The summed E-state index contributed by atoms with van der Waals surface area (Å²) in [7, 11) is 0. The predicted octanol–water partition coefficient (Wildman–Crippen LogP) is 4.30. The lowest BCUT2D eigenvalue weighted by Crippen LogP contribution is -2.49. The van der Waals surface area contributed by atoms with Gasteiger partial charge in [-0.15, -0.1) is 11.8 Å². The third-order valence-electron chi connectivity index (χ3n) is 4.84. The van der Waals surface area contributed by atoms with Gasteiger partial charge in [0.1, 0.15) is 11.9 Å². The van der Waals surface area contributed by atoms with E-state index in [0.29, 0.717) is 18.7 Å². The highest BCUT2D eigenvalue weighted by atomic mass is 32.2. The molecule has 0 saturated heterocycles. The highest BCUT2D eigenvalue weighted by Gasteiger charge is 2.28. The van der Waals surface area contributed by atoms with Crippen LogP contribution in [0.4, 0.5) is 10.1 Å². The number of amides is 2. The molecule has 0 radical (unpaired) electrons. The molecule has 7 nitrogen and oxygen atoms in total. The van der Waals surface area contributed by atoms with Gasteiger partial charge in [0.05, 0.1) is 10.7 Å². The Morgan fingerprint density at radius 3 is 2.28 bits per heavy atom.